The maximum Gasteiger partial charge on any atom is 0.309 e. The number of ether oxygens (including phenoxy) is 1. The summed E-state index contributed by atoms with van der Waals surface area (Å²) in [6.45, 7) is 7.12. The maximum absolute atomic E-state index is 12.6. The maximum atomic E-state index is 12.6. The number of esters is 1. The topological polar surface area (TPSA) is 26.3 Å². The Bertz CT molecular complexity index is 392. The van der Waals surface area contributed by atoms with E-state index < -0.39 is 0 Å². The van der Waals surface area contributed by atoms with E-state index in [1.165, 1.54) is 44.9 Å². The summed E-state index contributed by atoms with van der Waals surface area (Å²) in [6.07, 6.45) is 12.3. The molecule has 120 valence electrons. The van der Waals surface area contributed by atoms with Crippen molar-refractivity contribution >= 4 is 5.97 Å². The van der Waals surface area contributed by atoms with Gasteiger partial charge in [0.2, 0.25) is 0 Å². The number of fused-ring (bicyclic) bond motifs is 2. The normalized spacial score (nSPS) is 39.8. The quantitative estimate of drug-likeness (QED) is 0.661. The molecular weight excluding hydrogens is 260 g/mol. The van der Waals surface area contributed by atoms with Crippen LogP contribution in [0.5, 0.6) is 0 Å². The Kier molecular flexibility index (Phi) is 4.09. The molecular formula is C19H32O2. The van der Waals surface area contributed by atoms with Gasteiger partial charge in [-0.15, -0.1) is 0 Å². The van der Waals surface area contributed by atoms with Gasteiger partial charge in [0.25, 0.3) is 0 Å². The second-order valence-corrected chi connectivity index (χ2v) is 8.58. The zero-order chi connectivity index (χ0) is 15.1. The van der Waals surface area contributed by atoms with Crippen LogP contribution < -0.4 is 0 Å². The van der Waals surface area contributed by atoms with Crippen molar-refractivity contribution in [2.75, 3.05) is 0 Å². The summed E-state index contributed by atoms with van der Waals surface area (Å²) >= 11 is 0. The molecule has 21 heavy (non-hydrogen) atoms. The fraction of sp³-hybridized carbons (Fsp3) is 0.947. The zero-order valence-corrected chi connectivity index (χ0v) is 14.1. The molecule has 3 unspecified atom stereocenters. The number of carbonyl (C=O) groups is 1. The second kappa shape index (κ2) is 5.59. The standard InChI is InChI=1S/C19H32O2/c1-18(2)15-11-12-19(18,3)16(13-15)21-17(20)14-9-7-5-4-6-8-10-14/h14-16H,4-13H2,1-3H3. The molecule has 0 aliphatic heterocycles. The number of rotatable bonds is 2. The van der Waals surface area contributed by atoms with Crippen LogP contribution in [0.4, 0.5) is 0 Å². The number of hydrogen-bond donors (Lipinski definition) is 0. The van der Waals surface area contributed by atoms with Crippen molar-refractivity contribution in [2.24, 2.45) is 22.7 Å². The highest BCUT2D eigenvalue weighted by molar-refractivity contribution is 5.72. The largest absolute Gasteiger partial charge is 0.462 e. The van der Waals surface area contributed by atoms with Gasteiger partial charge in [0.1, 0.15) is 6.10 Å². The minimum atomic E-state index is 0.117. The molecule has 2 bridgehead atoms. The van der Waals surface area contributed by atoms with E-state index in [0.717, 1.165) is 25.2 Å². The first kappa shape index (κ1) is 15.4. The van der Waals surface area contributed by atoms with Crippen LogP contribution in [0.25, 0.3) is 0 Å². The van der Waals surface area contributed by atoms with Crippen LogP contribution >= 0.6 is 0 Å². The average Bonchev–Trinajstić information content (AvgIpc) is 2.71. The molecule has 3 atom stereocenters. The van der Waals surface area contributed by atoms with Gasteiger partial charge in [-0.2, -0.15) is 0 Å². The molecule has 0 aromatic rings. The fourth-order valence-electron chi connectivity index (χ4n) is 5.24. The third-order valence-electron chi connectivity index (χ3n) is 7.41. The van der Waals surface area contributed by atoms with Crippen molar-refractivity contribution in [2.45, 2.75) is 91.1 Å². The van der Waals surface area contributed by atoms with Gasteiger partial charge in [0, 0.05) is 5.41 Å². The Morgan fingerprint density at radius 2 is 1.57 bits per heavy atom. The molecule has 0 saturated heterocycles. The molecule has 0 radical (unpaired) electrons. The molecule has 2 nitrogen and oxygen atoms in total. The first-order valence-corrected chi connectivity index (χ1v) is 9.15. The van der Waals surface area contributed by atoms with Crippen molar-refractivity contribution in [3.63, 3.8) is 0 Å². The van der Waals surface area contributed by atoms with Gasteiger partial charge in [-0.05, 0) is 43.4 Å². The molecule has 0 aromatic carbocycles. The van der Waals surface area contributed by atoms with Crippen molar-refractivity contribution < 1.29 is 9.53 Å². The van der Waals surface area contributed by atoms with Gasteiger partial charge >= 0.3 is 5.97 Å². The van der Waals surface area contributed by atoms with Gasteiger partial charge in [0.05, 0.1) is 5.92 Å². The number of hydrogen-bond acceptors (Lipinski definition) is 2. The zero-order valence-electron chi connectivity index (χ0n) is 14.1. The van der Waals surface area contributed by atoms with Crippen molar-refractivity contribution in [1.82, 2.24) is 0 Å². The van der Waals surface area contributed by atoms with Gasteiger partial charge in [-0.1, -0.05) is 52.9 Å². The molecule has 3 aliphatic rings. The van der Waals surface area contributed by atoms with E-state index in [9.17, 15) is 4.79 Å². The lowest BCUT2D eigenvalue weighted by Gasteiger charge is -2.39. The lowest BCUT2D eigenvalue weighted by Crippen LogP contribution is -2.39. The molecule has 3 rings (SSSR count). The van der Waals surface area contributed by atoms with E-state index in [0.29, 0.717) is 5.41 Å². The smallest absolute Gasteiger partial charge is 0.309 e. The molecule has 3 aliphatic carbocycles. The van der Waals surface area contributed by atoms with Crippen LogP contribution in [0.1, 0.15) is 85.0 Å². The Morgan fingerprint density at radius 3 is 2.10 bits per heavy atom. The summed E-state index contributed by atoms with van der Waals surface area (Å²) in [4.78, 5) is 12.6. The monoisotopic (exact) mass is 292 g/mol. The van der Waals surface area contributed by atoms with Gasteiger partial charge in [0.15, 0.2) is 0 Å². The van der Waals surface area contributed by atoms with Crippen LogP contribution in [-0.2, 0) is 9.53 Å². The van der Waals surface area contributed by atoms with Gasteiger partial charge in [-0.25, -0.2) is 0 Å². The van der Waals surface area contributed by atoms with E-state index >= 15 is 0 Å². The van der Waals surface area contributed by atoms with Crippen LogP contribution in [0.2, 0.25) is 0 Å². The van der Waals surface area contributed by atoms with Crippen LogP contribution in [-0.4, -0.2) is 12.1 Å². The molecule has 0 N–H and O–H groups in total. The highest BCUT2D eigenvalue weighted by Crippen LogP contribution is 2.66. The molecule has 3 fully saturated rings. The summed E-state index contributed by atoms with van der Waals surface area (Å²) in [5.41, 5.74) is 0.536. The van der Waals surface area contributed by atoms with Crippen LogP contribution in [0.3, 0.4) is 0 Å². The van der Waals surface area contributed by atoms with E-state index in [4.69, 9.17) is 4.74 Å². The molecule has 0 spiro atoms. The number of carbonyl (C=O) groups excluding carboxylic acids is 1. The Morgan fingerprint density at radius 1 is 0.952 bits per heavy atom. The van der Waals surface area contributed by atoms with Gasteiger partial charge in [-0.3, -0.25) is 4.79 Å². The highest BCUT2D eigenvalue weighted by Gasteiger charge is 2.62. The van der Waals surface area contributed by atoms with E-state index in [2.05, 4.69) is 20.8 Å². The summed E-state index contributed by atoms with van der Waals surface area (Å²) in [5.74, 6) is 1.04. The molecule has 0 aromatic heterocycles. The molecule has 2 heteroatoms. The predicted octanol–water partition coefficient (Wildman–Crippen LogP) is 5.10. The fourth-order valence-corrected chi connectivity index (χ4v) is 5.24. The minimum absolute atomic E-state index is 0.117. The Balaban J connectivity index is 1.63. The SMILES string of the molecule is CC1(C)C2CCC1(C)C(OC(=O)C1CCCCCCC1)C2. The molecule has 0 amide bonds. The van der Waals surface area contributed by atoms with E-state index in [1.54, 1.807) is 0 Å². The highest BCUT2D eigenvalue weighted by atomic mass is 16.5. The first-order chi connectivity index (χ1) is 9.95. The predicted molar refractivity (Wildman–Crippen MR) is 84.9 cm³/mol. The van der Waals surface area contributed by atoms with Crippen molar-refractivity contribution in [1.29, 1.82) is 0 Å². The Labute approximate surface area is 130 Å². The second-order valence-electron chi connectivity index (χ2n) is 8.58. The van der Waals surface area contributed by atoms with Crippen LogP contribution in [0.15, 0.2) is 0 Å². The third kappa shape index (κ3) is 2.53. The third-order valence-corrected chi connectivity index (χ3v) is 7.41. The first-order valence-electron chi connectivity index (χ1n) is 9.15. The van der Waals surface area contributed by atoms with Crippen molar-refractivity contribution in [3.8, 4) is 0 Å². The summed E-state index contributed by atoms with van der Waals surface area (Å²) < 4.78 is 6.08. The van der Waals surface area contributed by atoms with Crippen LogP contribution in [0, 0.1) is 22.7 Å². The van der Waals surface area contributed by atoms with Crippen molar-refractivity contribution in [3.05, 3.63) is 0 Å². The lowest BCUT2D eigenvalue weighted by atomic mass is 9.70. The average molecular weight is 292 g/mol. The lowest BCUT2D eigenvalue weighted by molar-refractivity contribution is -0.162. The summed E-state index contributed by atoms with van der Waals surface area (Å²) in [7, 11) is 0. The summed E-state index contributed by atoms with van der Waals surface area (Å²) in [5, 5.41) is 0. The molecule has 3 saturated carbocycles. The van der Waals surface area contributed by atoms with Gasteiger partial charge < -0.3 is 4.74 Å². The molecule has 0 heterocycles. The Hall–Kier alpha value is -0.530. The van der Waals surface area contributed by atoms with E-state index in [1.807, 2.05) is 0 Å². The summed E-state index contributed by atoms with van der Waals surface area (Å²) in [6, 6.07) is 0. The van der Waals surface area contributed by atoms with E-state index in [-0.39, 0.29) is 23.4 Å². The minimum Gasteiger partial charge on any atom is -0.462 e.